The molecule has 1 heterocycles. The van der Waals surface area contributed by atoms with Crippen LogP contribution in [0.15, 0.2) is 54.9 Å². The summed E-state index contributed by atoms with van der Waals surface area (Å²) in [5.41, 5.74) is 1.74. The number of carbonyl (C=O) groups excluding carboxylic acids is 1. The van der Waals surface area contributed by atoms with E-state index in [-0.39, 0.29) is 5.91 Å². The maximum Gasteiger partial charge on any atom is 0.255 e. The summed E-state index contributed by atoms with van der Waals surface area (Å²) in [5.74, 6) is -0.0747. The molecule has 2 aromatic rings. The lowest BCUT2D eigenvalue weighted by molar-refractivity contribution is 0.0760. The zero-order valence-corrected chi connectivity index (χ0v) is 11.8. The first-order valence-corrected chi connectivity index (χ1v) is 6.91. The van der Waals surface area contributed by atoms with Crippen molar-refractivity contribution in [2.24, 2.45) is 0 Å². The van der Waals surface area contributed by atoms with Crippen LogP contribution in [0.4, 0.5) is 0 Å². The van der Waals surface area contributed by atoms with E-state index in [2.05, 4.69) is 11.1 Å². The van der Waals surface area contributed by atoms with Crippen LogP contribution in [0.5, 0.6) is 0 Å². The number of hydrogen-bond donors (Lipinski definition) is 0. The van der Waals surface area contributed by atoms with Crippen molar-refractivity contribution in [3.63, 3.8) is 0 Å². The minimum absolute atomic E-state index is 0.0747. The van der Waals surface area contributed by atoms with Crippen LogP contribution < -0.4 is 0 Å². The molecule has 4 heteroatoms. The van der Waals surface area contributed by atoms with Gasteiger partial charge in [0.25, 0.3) is 5.91 Å². The molecule has 0 radical (unpaired) electrons. The highest BCUT2D eigenvalue weighted by molar-refractivity contribution is 5.93. The van der Waals surface area contributed by atoms with Crippen LogP contribution >= 0.6 is 0 Å². The molecule has 0 saturated heterocycles. The molecule has 0 spiro atoms. The molecule has 21 heavy (non-hydrogen) atoms. The SMILES string of the molecule is N#CCCN(CCc1ccccc1)C(=O)c1cccnc1. The second-order valence-electron chi connectivity index (χ2n) is 4.68. The van der Waals surface area contributed by atoms with E-state index in [4.69, 9.17) is 5.26 Å². The highest BCUT2D eigenvalue weighted by Gasteiger charge is 2.15. The van der Waals surface area contributed by atoms with Gasteiger partial charge in [0.1, 0.15) is 0 Å². The Labute approximate surface area is 124 Å². The normalized spacial score (nSPS) is 9.86. The molecule has 1 aromatic heterocycles. The van der Waals surface area contributed by atoms with Gasteiger partial charge in [-0.2, -0.15) is 5.26 Å². The van der Waals surface area contributed by atoms with Crippen molar-refractivity contribution in [1.82, 2.24) is 9.88 Å². The molecule has 0 unspecified atom stereocenters. The number of amides is 1. The van der Waals surface area contributed by atoms with Crippen LogP contribution in [0.2, 0.25) is 0 Å². The number of carbonyl (C=O) groups is 1. The van der Waals surface area contributed by atoms with Gasteiger partial charge in [0, 0.05) is 25.5 Å². The number of aromatic nitrogens is 1. The molecule has 0 fully saturated rings. The topological polar surface area (TPSA) is 57.0 Å². The molecular weight excluding hydrogens is 262 g/mol. The third-order valence-electron chi connectivity index (χ3n) is 3.20. The number of rotatable bonds is 6. The van der Waals surface area contributed by atoms with Gasteiger partial charge in [-0.3, -0.25) is 9.78 Å². The Hall–Kier alpha value is -2.67. The van der Waals surface area contributed by atoms with Gasteiger partial charge in [0.05, 0.1) is 18.1 Å². The fraction of sp³-hybridized carbons (Fsp3) is 0.235. The molecule has 0 N–H and O–H groups in total. The minimum atomic E-state index is -0.0747. The predicted octanol–water partition coefficient (Wildman–Crippen LogP) is 2.68. The summed E-state index contributed by atoms with van der Waals surface area (Å²) in [6.07, 6.45) is 4.31. The highest BCUT2D eigenvalue weighted by Crippen LogP contribution is 2.07. The van der Waals surface area contributed by atoms with E-state index in [1.165, 1.54) is 5.56 Å². The van der Waals surface area contributed by atoms with Gasteiger partial charge in [-0.25, -0.2) is 0 Å². The fourth-order valence-electron chi connectivity index (χ4n) is 2.08. The second-order valence-corrected chi connectivity index (χ2v) is 4.68. The molecule has 0 aliphatic heterocycles. The summed E-state index contributed by atoms with van der Waals surface area (Å²) in [7, 11) is 0. The van der Waals surface area contributed by atoms with E-state index in [1.54, 1.807) is 29.4 Å². The molecule has 106 valence electrons. The number of pyridine rings is 1. The lowest BCUT2D eigenvalue weighted by atomic mass is 10.1. The molecular formula is C17H17N3O. The van der Waals surface area contributed by atoms with E-state index in [9.17, 15) is 4.79 Å². The van der Waals surface area contributed by atoms with Gasteiger partial charge in [0.2, 0.25) is 0 Å². The first-order chi connectivity index (χ1) is 10.3. The van der Waals surface area contributed by atoms with Crippen molar-refractivity contribution in [2.45, 2.75) is 12.8 Å². The van der Waals surface area contributed by atoms with E-state index >= 15 is 0 Å². The Balaban J connectivity index is 2.04. The molecule has 0 aliphatic carbocycles. The Kier molecular flexibility index (Phi) is 5.48. The summed E-state index contributed by atoms with van der Waals surface area (Å²) in [5, 5.41) is 8.75. The Morgan fingerprint density at radius 3 is 2.62 bits per heavy atom. The lowest BCUT2D eigenvalue weighted by Crippen LogP contribution is -2.33. The molecule has 1 aromatic carbocycles. The van der Waals surface area contributed by atoms with Gasteiger partial charge >= 0.3 is 0 Å². The van der Waals surface area contributed by atoms with Crippen LogP contribution in [0.3, 0.4) is 0 Å². The summed E-state index contributed by atoms with van der Waals surface area (Å²) < 4.78 is 0. The summed E-state index contributed by atoms with van der Waals surface area (Å²) in [4.78, 5) is 18.1. The Morgan fingerprint density at radius 2 is 1.95 bits per heavy atom. The number of nitrogens with zero attached hydrogens (tertiary/aromatic N) is 3. The highest BCUT2D eigenvalue weighted by atomic mass is 16.2. The van der Waals surface area contributed by atoms with E-state index in [1.807, 2.05) is 30.3 Å². The lowest BCUT2D eigenvalue weighted by Gasteiger charge is -2.21. The fourth-order valence-corrected chi connectivity index (χ4v) is 2.08. The molecule has 0 atom stereocenters. The van der Waals surface area contributed by atoms with Crippen molar-refractivity contribution in [3.05, 3.63) is 66.0 Å². The monoisotopic (exact) mass is 279 g/mol. The van der Waals surface area contributed by atoms with E-state index in [0.29, 0.717) is 25.1 Å². The molecule has 1 amide bonds. The Bertz CT molecular complexity index is 605. The van der Waals surface area contributed by atoms with E-state index < -0.39 is 0 Å². The zero-order chi connectivity index (χ0) is 14.9. The molecule has 0 saturated carbocycles. The van der Waals surface area contributed by atoms with Crippen molar-refractivity contribution in [1.29, 1.82) is 5.26 Å². The zero-order valence-electron chi connectivity index (χ0n) is 11.8. The third-order valence-corrected chi connectivity index (χ3v) is 3.20. The largest absolute Gasteiger partial charge is 0.337 e. The van der Waals surface area contributed by atoms with Crippen LogP contribution in [-0.4, -0.2) is 28.9 Å². The average molecular weight is 279 g/mol. The van der Waals surface area contributed by atoms with Crippen molar-refractivity contribution >= 4 is 5.91 Å². The predicted molar refractivity (Wildman–Crippen MR) is 80.5 cm³/mol. The van der Waals surface area contributed by atoms with Crippen molar-refractivity contribution < 1.29 is 4.79 Å². The van der Waals surface area contributed by atoms with Gasteiger partial charge in [0.15, 0.2) is 0 Å². The third kappa shape index (κ3) is 4.43. The van der Waals surface area contributed by atoms with Crippen LogP contribution in [0, 0.1) is 11.3 Å². The van der Waals surface area contributed by atoms with Gasteiger partial charge in [-0.1, -0.05) is 30.3 Å². The number of nitriles is 1. The quantitative estimate of drug-likeness (QED) is 0.817. The van der Waals surface area contributed by atoms with Gasteiger partial charge in [-0.05, 0) is 24.1 Å². The minimum Gasteiger partial charge on any atom is -0.337 e. The summed E-state index contributed by atoms with van der Waals surface area (Å²) in [6, 6.07) is 15.6. The van der Waals surface area contributed by atoms with Gasteiger partial charge in [-0.15, -0.1) is 0 Å². The standard InChI is InChI=1S/C17H17N3O/c18-10-5-12-20(13-9-15-6-2-1-3-7-15)17(21)16-8-4-11-19-14-16/h1-4,6-8,11,14H,5,9,12-13H2. The van der Waals surface area contributed by atoms with Crippen molar-refractivity contribution in [3.8, 4) is 6.07 Å². The molecule has 2 rings (SSSR count). The van der Waals surface area contributed by atoms with Crippen LogP contribution in [0.1, 0.15) is 22.3 Å². The van der Waals surface area contributed by atoms with Crippen LogP contribution in [-0.2, 0) is 6.42 Å². The number of hydrogen-bond acceptors (Lipinski definition) is 3. The smallest absolute Gasteiger partial charge is 0.255 e. The number of benzene rings is 1. The van der Waals surface area contributed by atoms with Gasteiger partial charge < -0.3 is 4.90 Å². The summed E-state index contributed by atoms with van der Waals surface area (Å²) >= 11 is 0. The molecule has 0 bridgehead atoms. The molecule has 0 aliphatic rings. The van der Waals surface area contributed by atoms with Crippen LogP contribution in [0.25, 0.3) is 0 Å². The average Bonchev–Trinajstić information content (AvgIpc) is 2.56. The van der Waals surface area contributed by atoms with Crippen molar-refractivity contribution in [2.75, 3.05) is 13.1 Å². The molecule has 4 nitrogen and oxygen atoms in total. The maximum absolute atomic E-state index is 12.4. The first kappa shape index (κ1) is 14.7. The Morgan fingerprint density at radius 1 is 1.14 bits per heavy atom. The first-order valence-electron chi connectivity index (χ1n) is 6.91. The van der Waals surface area contributed by atoms with E-state index in [0.717, 1.165) is 6.42 Å². The summed E-state index contributed by atoms with van der Waals surface area (Å²) in [6.45, 7) is 1.04. The second kappa shape index (κ2) is 7.81. The maximum atomic E-state index is 12.4.